The highest BCUT2D eigenvalue weighted by Crippen LogP contribution is 2.44. The summed E-state index contributed by atoms with van der Waals surface area (Å²) in [5.41, 5.74) is 2.65. The molecule has 0 amide bonds. The molecule has 0 aliphatic rings. The van der Waals surface area contributed by atoms with Gasteiger partial charge in [0, 0.05) is 6.08 Å². The predicted octanol–water partition coefficient (Wildman–Crippen LogP) is 5.53. The molecule has 0 aromatic heterocycles. The standard InChI is InChI=1S/C25H24O2/c1-3-23(27-24(26)4-2)25(20-14-8-5-9-15-20,21-16-10-6-11-17-21)22-18-12-7-13-19-22/h4-19,23H,2-3H2,1H3. The molecule has 0 bridgehead atoms. The Hall–Kier alpha value is -3.13. The van der Waals surface area contributed by atoms with Crippen LogP contribution in [0.25, 0.3) is 0 Å². The SMILES string of the molecule is C=CC(=O)OC(CC)C(c1ccccc1)(c1ccccc1)c1ccccc1. The molecule has 3 rings (SSSR count). The summed E-state index contributed by atoms with van der Waals surface area (Å²) in [7, 11) is 0. The summed E-state index contributed by atoms with van der Waals surface area (Å²) < 4.78 is 5.92. The predicted molar refractivity (Wildman–Crippen MR) is 110 cm³/mol. The highest BCUT2D eigenvalue weighted by molar-refractivity contribution is 5.81. The lowest BCUT2D eigenvalue weighted by molar-refractivity contribution is -0.145. The fourth-order valence-corrected chi connectivity index (χ4v) is 3.83. The van der Waals surface area contributed by atoms with Crippen molar-refractivity contribution in [2.75, 3.05) is 0 Å². The van der Waals surface area contributed by atoms with Crippen molar-refractivity contribution in [3.8, 4) is 0 Å². The van der Waals surface area contributed by atoms with E-state index in [1.165, 1.54) is 6.08 Å². The maximum Gasteiger partial charge on any atom is 0.330 e. The number of hydrogen-bond acceptors (Lipinski definition) is 2. The van der Waals surface area contributed by atoms with Crippen LogP contribution >= 0.6 is 0 Å². The summed E-state index contributed by atoms with van der Waals surface area (Å²) in [6.45, 7) is 5.62. The van der Waals surface area contributed by atoms with Crippen LogP contribution in [-0.2, 0) is 14.9 Å². The average Bonchev–Trinajstić information content (AvgIpc) is 2.75. The van der Waals surface area contributed by atoms with E-state index >= 15 is 0 Å². The van der Waals surface area contributed by atoms with Gasteiger partial charge in [0.15, 0.2) is 0 Å². The van der Waals surface area contributed by atoms with E-state index in [-0.39, 0.29) is 6.10 Å². The monoisotopic (exact) mass is 356 g/mol. The normalized spacial score (nSPS) is 12.2. The summed E-state index contributed by atoms with van der Waals surface area (Å²) in [4.78, 5) is 12.2. The summed E-state index contributed by atoms with van der Waals surface area (Å²) in [5.74, 6) is -0.408. The molecule has 0 aliphatic heterocycles. The van der Waals surface area contributed by atoms with Crippen LogP contribution in [0.1, 0.15) is 30.0 Å². The lowest BCUT2D eigenvalue weighted by Gasteiger charge is -2.41. The molecule has 0 N–H and O–H groups in total. The third kappa shape index (κ3) is 3.56. The van der Waals surface area contributed by atoms with Crippen molar-refractivity contribution in [3.05, 3.63) is 120 Å². The molecule has 3 aromatic rings. The van der Waals surface area contributed by atoms with E-state index in [2.05, 4.69) is 43.0 Å². The minimum absolute atomic E-state index is 0.379. The van der Waals surface area contributed by atoms with E-state index in [4.69, 9.17) is 4.74 Å². The third-order valence-electron chi connectivity index (χ3n) is 4.97. The van der Waals surface area contributed by atoms with Crippen molar-refractivity contribution in [3.63, 3.8) is 0 Å². The van der Waals surface area contributed by atoms with E-state index in [0.29, 0.717) is 6.42 Å². The van der Waals surface area contributed by atoms with Crippen molar-refractivity contribution in [2.45, 2.75) is 24.9 Å². The second-order valence-electron chi connectivity index (χ2n) is 6.44. The maximum atomic E-state index is 12.2. The Kier molecular flexibility index (Phi) is 5.87. The number of carbonyl (C=O) groups is 1. The van der Waals surface area contributed by atoms with Gasteiger partial charge in [-0.3, -0.25) is 0 Å². The molecule has 27 heavy (non-hydrogen) atoms. The number of carbonyl (C=O) groups excluding carboxylic acids is 1. The van der Waals surface area contributed by atoms with Gasteiger partial charge in [0.25, 0.3) is 0 Å². The molecule has 136 valence electrons. The first-order valence-corrected chi connectivity index (χ1v) is 9.23. The fraction of sp³-hybridized carbons (Fsp3) is 0.160. The maximum absolute atomic E-state index is 12.2. The third-order valence-corrected chi connectivity index (χ3v) is 4.97. The molecule has 0 heterocycles. The molecule has 2 nitrogen and oxygen atoms in total. The Balaban J connectivity index is 2.35. The van der Waals surface area contributed by atoms with Crippen molar-refractivity contribution >= 4 is 5.97 Å². The van der Waals surface area contributed by atoms with Crippen LogP contribution in [0, 0.1) is 0 Å². The van der Waals surface area contributed by atoms with Crippen LogP contribution in [0.4, 0.5) is 0 Å². The molecule has 2 heteroatoms. The van der Waals surface area contributed by atoms with Crippen molar-refractivity contribution in [2.24, 2.45) is 0 Å². The topological polar surface area (TPSA) is 26.3 Å². The van der Waals surface area contributed by atoms with Gasteiger partial charge in [-0.15, -0.1) is 0 Å². The number of esters is 1. The Bertz CT molecular complexity index is 773. The second-order valence-corrected chi connectivity index (χ2v) is 6.44. The van der Waals surface area contributed by atoms with Crippen molar-refractivity contribution in [1.29, 1.82) is 0 Å². The summed E-state index contributed by atoms with van der Waals surface area (Å²) in [6, 6.07) is 30.8. The van der Waals surface area contributed by atoms with E-state index in [9.17, 15) is 4.79 Å². The molecule has 0 saturated carbocycles. The first kappa shape index (κ1) is 18.7. The minimum atomic E-state index is -0.614. The summed E-state index contributed by atoms with van der Waals surface area (Å²) in [6.07, 6.45) is 1.52. The first-order chi connectivity index (χ1) is 13.2. The van der Waals surface area contributed by atoms with Gasteiger partial charge in [-0.25, -0.2) is 4.79 Å². The van der Waals surface area contributed by atoms with Gasteiger partial charge in [0.2, 0.25) is 0 Å². The van der Waals surface area contributed by atoms with E-state index < -0.39 is 11.4 Å². The van der Waals surface area contributed by atoms with Crippen molar-refractivity contribution < 1.29 is 9.53 Å². The van der Waals surface area contributed by atoms with Crippen LogP contribution in [0.2, 0.25) is 0 Å². The van der Waals surface area contributed by atoms with E-state index in [1.54, 1.807) is 0 Å². The molecule has 3 aromatic carbocycles. The van der Waals surface area contributed by atoms with Crippen molar-refractivity contribution in [1.82, 2.24) is 0 Å². The Morgan fingerprint density at radius 2 is 1.22 bits per heavy atom. The highest BCUT2D eigenvalue weighted by Gasteiger charge is 2.45. The molecule has 0 saturated heterocycles. The van der Waals surface area contributed by atoms with E-state index in [1.807, 2.05) is 61.5 Å². The Morgan fingerprint density at radius 1 is 0.852 bits per heavy atom. The number of hydrogen-bond donors (Lipinski definition) is 0. The molecule has 0 fully saturated rings. The van der Waals surface area contributed by atoms with Gasteiger partial charge in [0.05, 0.1) is 5.41 Å². The van der Waals surface area contributed by atoms with E-state index in [0.717, 1.165) is 16.7 Å². The zero-order chi connectivity index (χ0) is 19.1. The van der Waals surface area contributed by atoms with Gasteiger partial charge in [-0.1, -0.05) is 104 Å². The summed E-state index contributed by atoms with van der Waals surface area (Å²) >= 11 is 0. The van der Waals surface area contributed by atoms with Gasteiger partial charge in [0.1, 0.15) is 6.10 Å². The largest absolute Gasteiger partial charge is 0.458 e. The molecule has 1 atom stereocenters. The van der Waals surface area contributed by atoms with Crippen LogP contribution in [-0.4, -0.2) is 12.1 Å². The van der Waals surface area contributed by atoms with Crippen LogP contribution in [0.15, 0.2) is 104 Å². The Labute approximate surface area is 161 Å². The minimum Gasteiger partial charge on any atom is -0.458 e. The van der Waals surface area contributed by atoms with Gasteiger partial charge >= 0.3 is 5.97 Å². The zero-order valence-electron chi connectivity index (χ0n) is 15.5. The molecular weight excluding hydrogens is 332 g/mol. The highest BCUT2D eigenvalue weighted by atomic mass is 16.5. The molecular formula is C25H24O2. The lowest BCUT2D eigenvalue weighted by Crippen LogP contribution is -2.44. The van der Waals surface area contributed by atoms with Crippen LogP contribution < -0.4 is 0 Å². The van der Waals surface area contributed by atoms with Crippen LogP contribution in [0.5, 0.6) is 0 Å². The van der Waals surface area contributed by atoms with Gasteiger partial charge in [-0.05, 0) is 23.1 Å². The molecule has 0 aliphatic carbocycles. The molecule has 1 unspecified atom stereocenters. The quantitative estimate of drug-likeness (QED) is 0.316. The fourth-order valence-electron chi connectivity index (χ4n) is 3.83. The Morgan fingerprint density at radius 3 is 1.52 bits per heavy atom. The molecule has 0 spiro atoms. The van der Waals surface area contributed by atoms with Crippen LogP contribution in [0.3, 0.4) is 0 Å². The smallest absolute Gasteiger partial charge is 0.330 e. The van der Waals surface area contributed by atoms with Gasteiger partial charge in [-0.2, -0.15) is 0 Å². The number of benzene rings is 3. The second kappa shape index (κ2) is 8.50. The van der Waals surface area contributed by atoms with Gasteiger partial charge < -0.3 is 4.74 Å². The molecule has 0 radical (unpaired) electrons. The number of ether oxygens (including phenoxy) is 1. The average molecular weight is 356 g/mol. The first-order valence-electron chi connectivity index (χ1n) is 9.23. The lowest BCUT2D eigenvalue weighted by atomic mass is 9.65. The zero-order valence-corrected chi connectivity index (χ0v) is 15.5. The number of rotatable bonds is 7. The summed E-state index contributed by atoms with van der Waals surface area (Å²) in [5, 5.41) is 0.